The number of halogens is 4. The van der Waals surface area contributed by atoms with Gasteiger partial charge >= 0.3 is 18.3 Å². The molecule has 0 saturated carbocycles. The number of fused-ring (bicyclic) bond motifs is 1. The maximum Gasteiger partial charge on any atom is 0.418 e. The van der Waals surface area contributed by atoms with Gasteiger partial charge in [-0.3, -0.25) is 10.1 Å². The first-order chi connectivity index (χ1) is 22.0. The topological polar surface area (TPSA) is 111 Å². The van der Waals surface area contributed by atoms with Crippen molar-refractivity contribution >= 4 is 56.0 Å². The molecule has 1 aromatic heterocycles. The van der Waals surface area contributed by atoms with E-state index in [1.807, 2.05) is 11.4 Å². The molecule has 3 N–H and O–H groups in total. The van der Waals surface area contributed by atoms with Gasteiger partial charge in [0.2, 0.25) is 0 Å². The van der Waals surface area contributed by atoms with Crippen molar-refractivity contribution in [3.63, 3.8) is 0 Å². The largest absolute Gasteiger partial charge is 0.436 e. The number of carbonyl (C=O) groups is 3. The Morgan fingerprint density at radius 3 is 2.35 bits per heavy atom. The van der Waals surface area contributed by atoms with Gasteiger partial charge in [0.25, 0.3) is 5.91 Å². The zero-order chi connectivity index (χ0) is 32.6. The van der Waals surface area contributed by atoms with Crippen molar-refractivity contribution in [2.75, 3.05) is 50.3 Å². The van der Waals surface area contributed by atoms with Gasteiger partial charge in [-0.1, -0.05) is 0 Å². The Morgan fingerprint density at radius 2 is 1.67 bits per heavy atom. The average molecular weight is 728 g/mol. The van der Waals surface area contributed by atoms with Crippen LogP contribution in [0.1, 0.15) is 55.2 Å². The van der Waals surface area contributed by atoms with Crippen molar-refractivity contribution in [2.45, 2.75) is 75.9 Å². The lowest BCUT2D eigenvalue weighted by Gasteiger charge is -2.40. The van der Waals surface area contributed by atoms with Gasteiger partial charge in [-0.25, -0.2) is 9.59 Å². The van der Waals surface area contributed by atoms with E-state index in [0.29, 0.717) is 51.6 Å². The van der Waals surface area contributed by atoms with E-state index >= 15 is 0 Å². The minimum absolute atomic E-state index is 0.0553. The molecule has 1 aromatic carbocycles. The number of amides is 4. The summed E-state index contributed by atoms with van der Waals surface area (Å²) in [4.78, 5) is 47.5. The molecule has 3 saturated heterocycles. The molecule has 3 fully saturated rings. The summed E-state index contributed by atoms with van der Waals surface area (Å²) in [5.74, 6) is -0.416. The second-order valence-corrected chi connectivity index (χ2v) is 14.2. The highest BCUT2D eigenvalue weighted by atomic mass is 79.9. The Labute approximate surface area is 278 Å². The molecule has 4 aliphatic heterocycles. The number of likely N-dealkylation sites (tertiary alicyclic amines) is 3. The molecule has 0 spiro atoms. The Hall–Kier alpha value is -3.04. The van der Waals surface area contributed by atoms with Gasteiger partial charge in [-0.2, -0.15) is 13.2 Å². The van der Waals surface area contributed by atoms with E-state index in [9.17, 15) is 27.6 Å². The number of piperidine rings is 2. The van der Waals surface area contributed by atoms with E-state index in [-0.39, 0.29) is 28.5 Å². The highest BCUT2D eigenvalue weighted by Crippen LogP contribution is 2.38. The highest BCUT2D eigenvalue weighted by Gasteiger charge is 2.38. The van der Waals surface area contributed by atoms with Crippen molar-refractivity contribution in [2.24, 2.45) is 0 Å². The van der Waals surface area contributed by atoms with Crippen molar-refractivity contribution in [1.82, 2.24) is 19.6 Å². The van der Waals surface area contributed by atoms with Crippen molar-refractivity contribution in [3.05, 3.63) is 44.7 Å². The first-order valence-electron chi connectivity index (χ1n) is 15.8. The van der Waals surface area contributed by atoms with Crippen LogP contribution in [0.25, 0.3) is 0 Å². The summed E-state index contributed by atoms with van der Waals surface area (Å²) in [6, 6.07) is 4.50. The van der Waals surface area contributed by atoms with E-state index in [2.05, 4.69) is 26.1 Å². The van der Waals surface area contributed by atoms with Crippen LogP contribution in [0.5, 0.6) is 0 Å². The molecule has 0 bridgehead atoms. The van der Waals surface area contributed by atoms with Crippen LogP contribution in [0.3, 0.4) is 0 Å². The third kappa shape index (κ3) is 7.10. The number of benzene rings is 1. The molecule has 250 valence electrons. The standard InChI is InChI=1S/C31H38BrF3N6O4S/c32-24-16-19(15-23(26(24)36)31(33,34)35)17-25(28(42)39-10-3-21(4-11-39)38-8-1-2-9-38)45-30(44)40-12-5-22(6-13-40)41-18-20-7-14-46-27(20)37-29(41)43/h7,14-16,21-22,25H,1-6,8-13,17-18,36H2,(H,37,43)/t25-/m1/s1. The lowest BCUT2D eigenvalue weighted by molar-refractivity contribution is -0.142. The number of nitrogen functional groups attached to an aromatic ring is 1. The monoisotopic (exact) mass is 726 g/mol. The van der Waals surface area contributed by atoms with Crippen LogP contribution in [0.2, 0.25) is 0 Å². The van der Waals surface area contributed by atoms with Crippen LogP contribution < -0.4 is 11.1 Å². The molecule has 4 aliphatic rings. The third-order valence-electron chi connectivity index (χ3n) is 9.60. The number of ether oxygens (including phenoxy) is 1. The number of carbonyl (C=O) groups excluding carboxylic acids is 3. The fourth-order valence-corrected chi connectivity index (χ4v) is 8.33. The summed E-state index contributed by atoms with van der Waals surface area (Å²) < 4.78 is 47.2. The number of urea groups is 1. The molecule has 0 unspecified atom stereocenters. The maximum absolute atomic E-state index is 13.9. The molecule has 2 aromatic rings. The summed E-state index contributed by atoms with van der Waals surface area (Å²) >= 11 is 4.61. The number of nitrogens with one attached hydrogen (secondary N) is 1. The van der Waals surface area contributed by atoms with Crippen LogP contribution >= 0.6 is 27.3 Å². The highest BCUT2D eigenvalue weighted by molar-refractivity contribution is 9.10. The number of thiophene rings is 1. The van der Waals surface area contributed by atoms with Gasteiger partial charge in [0.1, 0.15) is 5.00 Å². The molecule has 5 heterocycles. The van der Waals surface area contributed by atoms with Crippen molar-refractivity contribution < 1.29 is 32.3 Å². The number of alkyl halides is 3. The van der Waals surface area contributed by atoms with E-state index in [0.717, 1.165) is 42.6 Å². The predicted molar refractivity (Wildman–Crippen MR) is 171 cm³/mol. The average Bonchev–Trinajstić information content (AvgIpc) is 3.74. The Kier molecular flexibility index (Phi) is 9.72. The van der Waals surface area contributed by atoms with Gasteiger partial charge in [-0.05, 0) is 96.7 Å². The number of nitrogens with zero attached hydrogens (tertiary/aromatic N) is 4. The minimum Gasteiger partial charge on any atom is -0.436 e. The maximum atomic E-state index is 13.9. The molecule has 10 nitrogen and oxygen atoms in total. The molecular weight excluding hydrogens is 689 g/mol. The molecule has 0 radical (unpaired) electrons. The summed E-state index contributed by atoms with van der Waals surface area (Å²) in [6.45, 7) is 4.23. The number of hydrogen-bond acceptors (Lipinski definition) is 7. The summed E-state index contributed by atoms with van der Waals surface area (Å²) in [5.41, 5.74) is 5.49. The molecule has 6 rings (SSSR count). The Morgan fingerprint density at radius 1 is 1.02 bits per heavy atom. The summed E-state index contributed by atoms with van der Waals surface area (Å²) in [6.07, 6.45) is -1.94. The van der Waals surface area contributed by atoms with Crippen molar-refractivity contribution in [1.29, 1.82) is 0 Å². The molecular formula is C31H38BrF3N6O4S. The van der Waals surface area contributed by atoms with Gasteiger partial charge in [0.05, 0.1) is 17.8 Å². The van der Waals surface area contributed by atoms with E-state index in [1.54, 1.807) is 9.80 Å². The molecule has 4 amide bonds. The van der Waals surface area contributed by atoms with Gasteiger partial charge < -0.3 is 30.1 Å². The quantitative estimate of drug-likeness (QED) is 0.367. The Bertz CT molecular complexity index is 1450. The first-order valence-corrected chi connectivity index (χ1v) is 17.4. The smallest absolute Gasteiger partial charge is 0.418 e. The van der Waals surface area contributed by atoms with Crippen LogP contribution in [-0.4, -0.2) is 95.1 Å². The fraction of sp³-hybridized carbons (Fsp3) is 0.581. The van der Waals surface area contributed by atoms with Gasteiger partial charge in [0.15, 0.2) is 6.10 Å². The lowest BCUT2D eigenvalue weighted by Crippen LogP contribution is -2.52. The number of rotatable bonds is 6. The predicted octanol–water partition coefficient (Wildman–Crippen LogP) is 5.76. The Balaban J connectivity index is 1.13. The summed E-state index contributed by atoms with van der Waals surface area (Å²) in [5, 5.41) is 5.72. The number of hydrogen-bond donors (Lipinski definition) is 2. The van der Waals surface area contributed by atoms with E-state index < -0.39 is 35.5 Å². The van der Waals surface area contributed by atoms with E-state index in [4.69, 9.17) is 10.5 Å². The van der Waals surface area contributed by atoms with Crippen LogP contribution in [0, 0.1) is 0 Å². The van der Waals surface area contributed by atoms with Gasteiger partial charge in [-0.15, -0.1) is 11.3 Å². The minimum atomic E-state index is -4.70. The fourth-order valence-electron chi connectivity index (χ4n) is 7.03. The zero-order valence-corrected chi connectivity index (χ0v) is 27.8. The first kappa shape index (κ1) is 32.9. The molecule has 46 heavy (non-hydrogen) atoms. The molecule has 1 atom stereocenters. The number of nitrogens with two attached hydrogens (primary N) is 1. The van der Waals surface area contributed by atoms with Crippen LogP contribution in [-0.2, 0) is 28.7 Å². The molecule has 0 aliphatic carbocycles. The normalized spacial score (nSPS) is 20.9. The third-order valence-corrected chi connectivity index (χ3v) is 11.1. The SMILES string of the molecule is Nc1c(Br)cc(C[C@@H](OC(=O)N2CCC(N3Cc4ccsc4NC3=O)CC2)C(=O)N2CCC(N3CCCC3)CC2)cc1C(F)(F)F. The number of anilines is 2. The molecule has 15 heteroatoms. The van der Waals surface area contributed by atoms with Crippen molar-refractivity contribution in [3.8, 4) is 0 Å². The lowest BCUT2D eigenvalue weighted by atomic mass is 10.00. The van der Waals surface area contributed by atoms with Gasteiger partial charge in [0, 0.05) is 54.7 Å². The second-order valence-electron chi connectivity index (χ2n) is 12.5. The van der Waals surface area contributed by atoms with E-state index in [1.165, 1.54) is 35.1 Å². The second kappa shape index (κ2) is 13.6. The zero-order valence-electron chi connectivity index (χ0n) is 25.4. The van der Waals surface area contributed by atoms with Crippen LogP contribution in [0.4, 0.5) is 33.4 Å². The van der Waals surface area contributed by atoms with Crippen LogP contribution in [0.15, 0.2) is 28.1 Å². The summed E-state index contributed by atoms with van der Waals surface area (Å²) in [7, 11) is 0.